The van der Waals surface area contributed by atoms with Gasteiger partial charge in [0.15, 0.2) is 6.10 Å². The zero-order valence-electron chi connectivity index (χ0n) is 18.6. The molecule has 7 nitrogen and oxygen atoms in total. The van der Waals surface area contributed by atoms with Crippen molar-refractivity contribution in [3.8, 4) is 11.5 Å². The van der Waals surface area contributed by atoms with Gasteiger partial charge in [0.25, 0.3) is 0 Å². The molecular formula is C23H28F3NO6. The summed E-state index contributed by atoms with van der Waals surface area (Å²) in [5, 5.41) is 9.16. The molecule has 1 unspecified atom stereocenters. The van der Waals surface area contributed by atoms with Crippen molar-refractivity contribution < 1.29 is 41.7 Å². The maximum Gasteiger partial charge on any atom is 0.416 e. The molecule has 0 spiro atoms. The highest BCUT2D eigenvalue weighted by Gasteiger charge is 2.31. The normalized spacial score (nSPS) is 20.0. The van der Waals surface area contributed by atoms with Gasteiger partial charge in [-0.2, -0.15) is 13.2 Å². The van der Waals surface area contributed by atoms with Crippen LogP contribution in [0, 0.1) is 6.92 Å². The Morgan fingerprint density at radius 3 is 2.67 bits per heavy atom. The van der Waals surface area contributed by atoms with E-state index in [-0.39, 0.29) is 43.5 Å². The van der Waals surface area contributed by atoms with Crippen LogP contribution in [0.2, 0.25) is 0 Å². The van der Waals surface area contributed by atoms with Crippen LogP contribution in [0.1, 0.15) is 49.6 Å². The van der Waals surface area contributed by atoms with E-state index in [1.54, 1.807) is 13.8 Å². The summed E-state index contributed by atoms with van der Waals surface area (Å²) in [5.41, 5.74) is -0.00305. The maximum atomic E-state index is 13.0. The summed E-state index contributed by atoms with van der Waals surface area (Å²) in [6.45, 7) is 3.84. The minimum absolute atomic E-state index is 0.0245. The highest BCUT2D eigenvalue weighted by molar-refractivity contribution is 5.72. The quantitative estimate of drug-likeness (QED) is 0.521. The molecule has 3 rings (SSSR count). The van der Waals surface area contributed by atoms with Crippen molar-refractivity contribution in [2.24, 2.45) is 0 Å². The van der Waals surface area contributed by atoms with E-state index >= 15 is 0 Å². The number of aryl methyl sites for hydroxylation is 1. The third-order valence-corrected chi connectivity index (χ3v) is 5.49. The zero-order chi connectivity index (χ0) is 24.0. The van der Waals surface area contributed by atoms with Gasteiger partial charge in [-0.25, -0.2) is 9.78 Å². The first-order valence-electron chi connectivity index (χ1n) is 10.9. The first kappa shape index (κ1) is 25.2. The van der Waals surface area contributed by atoms with Gasteiger partial charge in [0.05, 0.1) is 31.0 Å². The summed E-state index contributed by atoms with van der Waals surface area (Å²) in [6, 6.07) is 4.83. The number of aliphatic carboxylic acids is 1. The molecule has 1 saturated carbocycles. The molecule has 1 aliphatic rings. The standard InChI is InChI=1S/C23H28F3NO6/c1-3-30-20(22(28)29)13-32-18-9-5-8-17(11-18)31-12-19-14(2)33-21(27-19)15-6-4-7-16(10-15)23(24,25)26/h4,6-7,10,17-18,20H,3,5,8-9,11-13H2,1-2H3,(H,28,29)/t17-,18+,20?/m0/s1. The number of hydrogen-bond donors (Lipinski definition) is 1. The number of rotatable bonds is 10. The van der Waals surface area contributed by atoms with Crippen molar-refractivity contribution in [1.82, 2.24) is 4.98 Å². The van der Waals surface area contributed by atoms with Crippen LogP contribution in [-0.2, 0) is 31.8 Å². The average molecular weight is 471 g/mol. The number of carbonyl (C=O) groups is 1. The predicted octanol–water partition coefficient (Wildman–Crippen LogP) is 5.00. The van der Waals surface area contributed by atoms with Gasteiger partial charge in [0.2, 0.25) is 5.89 Å². The molecule has 1 N–H and O–H groups in total. The van der Waals surface area contributed by atoms with Crippen molar-refractivity contribution in [3.05, 3.63) is 41.3 Å². The first-order chi connectivity index (χ1) is 15.7. The molecule has 1 aromatic carbocycles. The summed E-state index contributed by atoms with van der Waals surface area (Å²) in [4.78, 5) is 15.5. The molecule has 1 aromatic heterocycles. The summed E-state index contributed by atoms with van der Waals surface area (Å²) < 4.78 is 61.4. The minimum atomic E-state index is -4.45. The van der Waals surface area contributed by atoms with Crippen molar-refractivity contribution in [3.63, 3.8) is 0 Å². The number of halogens is 3. The molecule has 1 heterocycles. The Labute approximate surface area is 189 Å². The zero-order valence-corrected chi connectivity index (χ0v) is 18.6. The number of benzene rings is 1. The fraction of sp³-hybridized carbons (Fsp3) is 0.565. The smallest absolute Gasteiger partial charge is 0.416 e. The molecule has 182 valence electrons. The van der Waals surface area contributed by atoms with Gasteiger partial charge in [0.1, 0.15) is 11.5 Å². The van der Waals surface area contributed by atoms with Gasteiger partial charge in [-0.3, -0.25) is 0 Å². The Morgan fingerprint density at radius 2 is 2.00 bits per heavy atom. The highest BCUT2D eigenvalue weighted by atomic mass is 19.4. The predicted molar refractivity (Wildman–Crippen MR) is 112 cm³/mol. The van der Waals surface area contributed by atoms with Crippen LogP contribution in [0.4, 0.5) is 13.2 Å². The lowest BCUT2D eigenvalue weighted by Crippen LogP contribution is -2.34. The average Bonchev–Trinajstić information content (AvgIpc) is 3.15. The van der Waals surface area contributed by atoms with Gasteiger partial charge in [0, 0.05) is 12.2 Å². The van der Waals surface area contributed by atoms with Crippen LogP contribution in [0.5, 0.6) is 0 Å². The molecule has 2 aromatic rings. The first-order valence-corrected chi connectivity index (χ1v) is 10.9. The third-order valence-electron chi connectivity index (χ3n) is 5.49. The molecule has 0 radical (unpaired) electrons. The second kappa shape index (κ2) is 11.1. The number of nitrogens with zero attached hydrogens (tertiary/aromatic N) is 1. The Balaban J connectivity index is 1.56. The van der Waals surface area contributed by atoms with E-state index in [1.807, 2.05) is 0 Å². The monoisotopic (exact) mass is 471 g/mol. The fourth-order valence-corrected chi connectivity index (χ4v) is 3.73. The molecule has 0 amide bonds. The number of oxazole rings is 1. The van der Waals surface area contributed by atoms with E-state index in [1.165, 1.54) is 12.1 Å². The second-order valence-electron chi connectivity index (χ2n) is 7.94. The Kier molecular flexibility index (Phi) is 8.50. The van der Waals surface area contributed by atoms with E-state index < -0.39 is 23.8 Å². The molecule has 3 atom stereocenters. The van der Waals surface area contributed by atoms with E-state index in [4.69, 9.17) is 23.7 Å². The molecule has 1 fully saturated rings. The third kappa shape index (κ3) is 7.02. The van der Waals surface area contributed by atoms with E-state index in [0.29, 0.717) is 17.9 Å². The van der Waals surface area contributed by atoms with Crippen LogP contribution < -0.4 is 0 Å². The SMILES string of the molecule is CCOC(CO[C@@H]1CCC[C@H](OCc2nc(-c3cccc(C(F)(F)F)c3)oc2C)C1)C(=O)O. The highest BCUT2D eigenvalue weighted by Crippen LogP contribution is 2.32. The van der Waals surface area contributed by atoms with E-state index in [0.717, 1.165) is 31.4 Å². The molecule has 10 heteroatoms. The summed E-state index contributed by atoms with van der Waals surface area (Å²) in [6.07, 6.45) is -2.58. The number of aromatic nitrogens is 1. The van der Waals surface area contributed by atoms with E-state index in [2.05, 4.69) is 4.98 Å². The fourth-order valence-electron chi connectivity index (χ4n) is 3.73. The molecule has 0 saturated heterocycles. The minimum Gasteiger partial charge on any atom is -0.479 e. The van der Waals surface area contributed by atoms with Crippen LogP contribution >= 0.6 is 0 Å². The van der Waals surface area contributed by atoms with Gasteiger partial charge in [-0.15, -0.1) is 0 Å². The maximum absolute atomic E-state index is 13.0. The van der Waals surface area contributed by atoms with Gasteiger partial charge >= 0.3 is 12.1 Å². The molecule has 0 bridgehead atoms. The second-order valence-corrected chi connectivity index (χ2v) is 7.94. The Morgan fingerprint density at radius 1 is 1.27 bits per heavy atom. The van der Waals surface area contributed by atoms with Crippen LogP contribution in [0.15, 0.2) is 28.7 Å². The van der Waals surface area contributed by atoms with Crippen LogP contribution in [0.25, 0.3) is 11.5 Å². The van der Waals surface area contributed by atoms with Crippen molar-refractivity contribution >= 4 is 5.97 Å². The topological polar surface area (TPSA) is 91.0 Å². The largest absolute Gasteiger partial charge is 0.479 e. The lowest BCUT2D eigenvalue weighted by molar-refractivity contribution is -0.157. The van der Waals surface area contributed by atoms with Crippen molar-refractivity contribution in [2.75, 3.05) is 13.2 Å². The number of hydrogen-bond acceptors (Lipinski definition) is 6. The molecule has 0 aliphatic heterocycles. The van der Waals surface area contributed by atoms with Crippen molar-refractivity contribution in [1.29, 1.82) is 0 Å². The summed E-state index contributed by atoms with van der Waals surface area (Å²) in [7, 11) is 0. The van der Waals surface area contributed by atoms with Gasteiger partial charge < -0.3 is 23.7 Å². The molecule has 33 heavy (non-hydrogen) atoms. The number of alkyl halides is 3. The Bertz CT molecular complexity index is 929. The van der Waals surface area contributed by atoms with Crippen molar-refractivity contribution in [2.45, 2.75) is 70.6 Å². The molecule has 1 aliphatic carbocycles. The van der Waals surface area contributed by atoms with E-state index in [9.17, 15) is 18.0 Å². The molecular weight excluding hydrogens is 443 g/mol. The van der Waals surface area contributed by atoms with Crippen LogP contribution in [0.3, 0.4) is 0 Å². The van der Waals surface area contributed by atoms with Crippen LogP contribution in [-0.4, -0.2) is 47.6 Å². The number of ether oxygens (including phenoxy) is 3. The summed E-state index contributed by atoms with van der Waals surface area (Å²) >= 11 is 0. The summed E-state index contributed by atoms with van der Waals surface area (Å²) in [5.74, 6) is -0.469. The lowest BCUT2D eigenvalue weighted by Gasteiger charge is -2.29. The van der Waals surface area contributed by atoms with Gasteiger partial charge in [-0.05, 0) is 57.7 Å². The van der Waals surface area contributed by atoms with Gasteiger partial charge in [-0.1, -0.05) is 6.07 Å². The lowest BCUT2D eigenvalue weighted by atomic mass is 9.95. The number of carboxylic acid groups (broad SMARTS) is 1. The number of carboxylic acids is 1. The Hall–Kier alpha value is -2.43.